The van der Waals surface area contributed by atoms with E-state index >= 15 is 0 Å². The third kappa shape index (κ3) is 15.7. The van der Waals surface area contributed by atoms with Gasteiger partial charge in [-0.05, 0) is 58.5 Å². The lowest BCUT2D eigenvalue weighted by molar-refractivity contribution is -0.137. The van der Waals surface area contributed by atoms with Gasteiger partial charge >= 0.3 is 23.9 Å². The molecule has 0 aromatic heterocycles. The van der Waals surface area contributed by atoms with Crippen LogP contribution in [0.3, 0.4) is 0 Å². The summed E-state index contributed by atoms with van der Waals surface area (Å²) < 4.78 is 15.1. The normalized spacial score (nSPS) is 17.3. The monoisotopic (exact) mass is 570 g/mol. The zero-order valence-corrected chi connectivity index (χ0v) is 23.9. The SMILES string of the molecule is C/C(C(=O)O)=C(/CCCCCN1CCOCC1)C(=O)O.COC(=O)/C(=C/C(=O)O)CCCCCN1CCOCC1. The van der Waals surface area contributed by atoms with E-state index in [1.165, 1.54) is 14.0 Å². The Bertz CT molecular complexity index is 859. The van der Waals surface area contributed by atoms with Crippen molar-refractivity contribution in [1.82, 2.24) is 9.80 Å². The molecule has 0 radical (unpaired) electrons. The van der Waals surface area contributed by atoms with E-state index in [0.717, 1.165) is 104 Å². The first-order valence-corrected chi connectivity index (χ1v) is 13.9. The number of carbonyl (C=O) groups excluding carboxylic acids is 1. The number of carbonyl (C=O) groups is 4. The molecular formula is C28H46N2O10. The third-order valence-electron chi connectivity index (χ3n) is 6.81. The number of morpholine rings is 2. The average Bonchev–Trinajstić information content (AvgIpc) is 2.94. The van der Waals surface area contributed by atoms with E-state index < -0.39 is 23.9 Å². The first kappa shape index (κ1) is 35.2. The molecule has 12 heteroatoms. The molecule has 3 N–H and O–H groups in total. The number of methoxy groups -OCH3 is 1. The van der Waals surface area contributed by atoms with Crippen molar-refractivity contribution < 1.29 is 48.7 Å². The maximum Gasteiger partial charge on any atom is 0.333 e. The standard InChI is InChI=1S/2C14H23NO5/c1-19-14(18)12(11-13(16)17)5-3-2-4-6-15-7-9-20-10-8-15;1-11(13(16)17)12(14(18)19)5-3-2-4-6-15-7-9-20-10-8-15/h11H,2-10H2,1H3,(H,16,17);2-10H2,1H3,(H,16,17)(H,18,19)/b2*12-11+. The van der Waals surface area contributed by atoms with E-state index in [0.29, 0.717) is 19.3 Å². The highest BCUT2D eigenvalue weighted by atomic mass is 16.5. The molecule has 0 atom stereocenters. The first-order valence-electron chi connectivity index (χ1n) is 13.9. The number of ether oxygens (including phenoxy) is 3. The minimum Gasteiger partial charge on any atom is -0.478 e. The lowest BCUT2D eigenvalue weighted by Crippen LogP contribution is -2.36. The Morgan fingerprint density at radius 1 is 0.725 bits per heavy atom. The number of aliphatic carboxylic acids is 3. The summed E-state index contributed by atoms with van der Waals surface area (Å²) in [6.07, 6.45) is 7.11. The second-order valence-corrected chi connectivity index (χ2v) is 9.74. The number of unbranched alkanes of at least 4 members (excludes halogenated alkanes) is 4. The molecule has 2 rings (SSSR count). The van der Waals surface area contributed by atoms with Crippen molar-refractivity contribution in [1.29, 1.82) is 0 Å². The molecular weight excluding hydrogens is 524 g/mol. The van der Waals surface area contributed by atoms with Crippen molar-refractivity contribution >= 4 is 23.9 Å². The molecule has 12 nitrogen and oxygen atoms in total. The van der Waals surface area contributed by atoms with Crippen LogP contribution in [-0.2, 0) is 33.4 Å². The van der Waals surface area contributed by atoms with Crippen LogP contribution in [0.2, 0.25) is 0 Å². The number of hydrogen-bond acceptors (Lipinski definition) is 9. The predicted octanol–water partition coefficient (Wildman–Crippen LogP) is 2.43. The molecule has 228 valence electrons. The molecule has 0 spiro atoms. The summed E-state index contributed by atoms with van der Waals surface area (Å²) in [4.78, 5) is 48.5. The van der Waals surface area contributed by atoms with Crippen LogP contribution in [0.5, 0.6) is 0 Å². The maximum atomic E-state index is 11.4. The van der Waals surface area contributed by atoms with Crippen molar-refractivity contribution in [3.8, 4) is 0 Å². The molecule has 2 saturated heterocycles. The molecule has 0 aliphatic carbocycles. The van der Waals surface area contributed by atoms with Gasteiger partial charge in [0, 0.05) is 49.0 Å². The zero-order chi connectivity index (χ0) is 29.8. The Labute approximate surface area is 236 Å². The largest absolute Gasteiger partial charge is 0.478 e. The van der Waals surface area contributed by atoms with Gasteiger partial charge in [-0.15, -0.1) is 0 Å². The topological polar surface area (TPSA) is 163 Å². The van der Waals surface area contributed by atoms with Crippen molar-refractivity contribution in [2.24, 2.45) is 0 Å². The Balaban J connectivity index is 0.000000400. The second kappa shape index (κ2) is 21.0. The number of carboxylic acids is 3. The molecule has 2 aliphatic rings. The fourth-order valence-electron chi connectivity index (χ4n) is 4.39. The minimum absolute atomic E-state index is 0.0175. The molecule has 0 unspecified atom stereocenters. The smallest absolute Gasteiger partial charge is 0.333 e. The van der Waals surface area contributed by atoms with Gasteiger partial charge in [0.25, 0.3) is 0 Å². The Kier molecular flexibility index (Phi) is 18.5. The van der Waals surface area contributed by atoms with Crippen LogP contribution in [-0.4, -0.2) is 122 Å². The molecule has 2 fully saturated rings. The maximum absolute atomic E-state index is 11.4. The molecule has 0 aromatic rings. The highest BCUT2D eigenvalue weighted by Gasteiger charge is 2.16. The van der Waals surface area contributed by atoms with E-state index in [1.54, 1.807) is 0 Å². The average molecular weight is 571 g/mol. The molecule has 2 aliphatic heterocycles. The minimum atomic E-state index is -1.16. The Morgan fingerprint density at radius 2 is 1.20 bits per heavy atom. The Hall–Kier alpha value is -2.80. The zero-order valence-electron chi connectivity index (χ0n) is 23.9. The molecule has 0 aromatic carbocycles. The van der Waals surface area contributed by atoms with E-state index in [2.05, 4.69) is 14.5 Å². The van der Waals surface area contributed by atoms with Gasteiger partial charge in [0.15, 0.2) is 0 Å². The number of esters is 1. The summed E-state index contributed by atoms with van der Waals surface area (Å²) in [6.45, 7) is 10.4. The summed E-state index contributed by atoms with van der Waals surface area (Å²) in [5.41, 5.74) is 0.181. The summed E-state index contributed by atoms with van der Waals surface area (Å²) in [7, 11) is 1.26. The second-order valence-electron chi connectivity index (χ2n) is 9.74. The van der Waals surface area contributed by atoms with Crippen molar-refractivity contribution in [2.75, 3.05) is 72.8 Å². The first-order chi connectivity index (χ1) is 19.1. The lowest BCUT2D eigenvalue weighted by Gasteiger charge is -2.26. The molecule has 0 amide bonds. The van der Waals surface area contributed by atoms with Gasteiger partial charge in [-0.2, -0.15) is 0 Å². The fourth-order valence-corrected chi connectivity index (χ4v) is 4.39. The predicted molar refractivity (Wildman–Crippen MR) is 147 cm³/mol. The van der Waals surface area contributed by atoms with E-state index in [9.17, 15) is 19.2 Å². The molecule has 0 saturated carbocycles. The Morgan fingerprint density at radius 3 is 1.60 bits per heavy atom. The lowest BCUT2D eigenvalue weighted by atomic mass is 10.0. The number of nitrogens with zero attached hydrogens (tertiary/aromatic N) is 2. The summed E-state index contributed by atoms with van der Waals surface area (Å²) >= 11 is 0. The van der Waals surface area contributed by atoms with Crippen LogP contribution in [0, 0.1) is 0 Å². The van der Waals surface area contributed by atoms with Crippen LogP contribution < -0.4 is 0 Å². The van der Waals surface area contributed by atoms with Crippen LogP contribution in [0.1, 0.15) is 58.3 Å². The van der Waals surface area contributed by atoms with Crippen molar-refractivity contribution in [2.45, 2.75) is 58.3 Å². The van der Waals surface area contributed by atoms with Gasteiger partial charge in [0.05, 0.1) is 33.5 Å². The van der Waals surface area contributed by atoms with Crippen LogP contribution in [0.15, 0.2) is 22.8 Å². The van der Waals surface area contributed by atoms with Gasteiger partial charge in [-0.25, -0.2) is 19.2 Å². The van der Waals surface area contributed by atoms with E-state index in [4.69, 9.17) is 24.8 Å². The van der Waals surface area contributed by atoms with Crippen molar-refractivity contribution in [3.05, 3.63) is 22.8 Å². The highest BCUT2D eigenvalue weighted by molar-refractivity contribution is 5.98. The van der Waals surface area contributed by atoms with Crippen LogP contribution in [0.25, 0.3) is 0 Å². The van der Waals surface area contributed by atoms with Gasteiger partial charge in [-0.3, -0.25) is 9.80 Å². The quantitative estimate of drug-likeness (QED) is 0.141. The van der Waals surface area contributed by atoms with Gasteiger partial charge in [0.1, 0.15) is 0 Å². The molecule has 40 heavy (non-hydrogen) atoms. The summed E-state index contributed by atoms with van der Waals surface area (Å²) in [5.74, 6) is -3.95. The van der Waals surface area contributed by atoms with E-state index in [-0.39, 0.29) is 16.7 Å². The molecule has 2 heterocycles. The van der Waals surface area contributed by atoms with Crippen LogP contribution >= 0.6 is 0 Å². The van der Waals surface area contributed by atoms with Gasteiger partial charge < -0.3 is 29.5 Å². The third-order valence-corrected chi connectivity index (χ3v) is 6.81. The van der Waals surface area contributed by atoms with Gasteiger partial charge in [-0.1, -0.05) is 12.8 Å². The van der Waals surface area contributed by atoms with Crippen LogP contribution in [0.4, 0.5) is 0 Å². The van der Waals surface area contributed by atoms with Gasteiger partial charge in [0.2, 0.25) is 0 Å². The number of hydrogen-bond donors (Lipinski definition) is 3. The van der Waals surface area contributed by atoms with Crippen molar-refractivity contribution in [3.63, 3.8) is 0 Å². The number of rotatable bonds is 16. The van der Waals surface area contributed by atoms with E-state index in [1.807, 2.05) is 0 Å². The summed E-state index contributed by atoms with van der Waals surface area (Å²) in [5, 5.41) is 26.5. The fraction of sp³-hybridized carbons (Fsp3) is 0.714. The summed E-state index contributed by atoms with van der Waals surface area (Å²) in [6, 6.07) is 0. The highest BCUT2D eigenvalue weighted by Crippen LogP contribution is 2.15. The molecule has 0 bridgehead atoms. The number of carboxylic acid groups (broad SMARTS) is 3.